The Morgan fingerprint density at radius 1 is 1.31 bits per heavy atom. The highest BCUT2D eigenvalue weighted by molar-refractivity contribution is 6.00. The molecule has 0 bridgehead atoms. The quantitative estimate of drug-likeness (QED) is 0.498. The van der Waals surface area contributed by atoms with E-state index in [1.165, 1.54) is 0 Å². The number of fused-ring (bicyclic) bond motifs is 1. The number of rotatable bonds is 1. The van der Waals surface area contributed by atoms with Gasteiger partial charge in [0, 0.05) is 17.3 Å². The van der Waals surface area contributed by atoms with E-state index < -0.39 is 0 Å². The molecule has 5 nitrogen and oxygen atoms in total. The van der Waals surface area contributed by atoms with Crippen LogP contribution in [0.5, 0.6) is 5.75 Å². The van der Waals surface area contributed by atoms with Gasteiger partial charge in [0.15, 0.2) is 0 Å². The van der Waals surface area contributed by atoms with E-state index in [4.69, 9.17) is 5.73 Å². The normalized spacial score (nSPS) is 11.0. The Bertz CT molecular complexity index is 653. The number of benzene rings is 1. The summed E-state index contributed by atoms with van der Waals surface area (Å²) in [5.41, 5.74) is 8.75. The lowest BCUT2D eigenvalue weighted by molar-refractivity contribution is 0.482. The number of aromatic nitrogens is 3. The van der Waals surface area contributed by atoms with Crippen molar-refractivity contribution in [3.63, 3.8) is 0 Å². The van der Waals surface area contributed by atoms with Gasteiger partial charge in [-0.15, -0.1) is 0 Å². The van der Waals surface area contributed by atoms with E-state index in [-0.39, 0.29) is 5.75 Å². The molecule has 80 valence electrons. The molecule has 5 N–H and O–H groups in total. The number of aromatic amines is 2. The van der Waals surface area contributed by atoms with Crippen LogP contribution in [0.3, 0.4) is 0 Å². The Morgan fingerprint density at radius 2 is 2.19 bits per heavy atom. The molecule has 0 radical (unpaired) electrons. The average Bonchev–Trinajstić information content (AvgIpc) is 2.84. The smallest absolute Gasteiger partial charge is 0.125 e. The minimum absolute atomic E-state index is 0.225. The lowest BCUT2D eigenvalue weighted by atomic mass is 10.1. The number of H-pyrrole nitrogens is 2. The number of anilines is 1. The molecule has 0 aliphatic carbocycles. The maximum absolute atomic E-state index is 9.84. The van der Waals surface area contributed by atoms with Gasteiger partial charge >= 0.3 is 0 Å². The van der Waals surface area contributed by atoms with Gasteiger partial charge in [0.05, 0.1) is 23.0 Å². The van der Waals surface area contributed by atoms with Crippen LogP contribution < -0.4 is 5.73 Å². The van der Waals surface area contributed by atoms with Crippen LogP contribution in [0.4, 0.5) is 5.69 Å². The van der Waals surface area contributed by atoms with Gasteiger partial charge in [0.1, 0.15) is 5.75 Å². The zero-order valence-electron chi connectivity index (χ0n) is 8.36. The molecule has 16 heavy (non-hydrogen) atoms. The number of hydrogen-bond acceptors (Lipinski definition) is 3. The standard InChI is InChI=1S/C11H10N4O/c12-7-5-14-15-11(7)6-4-13-8-2-1-3-9(16)10(6)8/h1-5,13,16H,12H2,(H,14,15). The third-order valence-corrected chi connectivity index (χ3v) is 2.62. The lowest BCUT2D eigenvalue weighted by Gasteiger charge is -1.99. The summed E-state index contributed by atoms with van der Waals surface area (Å²) in [5.74, 6) is 0.225. The van der Waals surface area contributed by atoms with Gasteiger partial charge in [-0.25, -0.2) is 0 Å². The summed E-state index contributed by atoms with van der Waals surface area (Å²) < 4.78 is 0. The second-order valence-electron chi connectivity index (χ2n) is 3.60. The van der Waals surface area contributed by atoms with E-state index >= 15 is 0 Å². The molecular weight excluding hydrogens is 204 g/mol. The second-order valence-corrected chi connectivity index (χ2v) is 3.60. The van der Waals surface area contributed by atoms with Crippen LogP contribution in [0.2, 0.25) is 0 Å². The maximum Gasteiger partial charge on any atom is 0.125 e. The molecule has 3 aromatic rings. The van der Waals surface area contributed by atoms with Crippen molar-refractivity contribution >= 4 is 16.6 Å². The number of nitrogens with two attached hydrogens (primary N) is 1. The van der Waals surface area contributed by atoms with Crippen molar-refractivity contribution in [2.45, 2.75) is 0 Å². The van der Waals surface area contributed by atoms with Crippen LogP contribution in [-0.2, 0) is 0 Å². The summed E-state index contributed by atoms with van der Waals surface area (Å²) in [6, 6.07) is 5.33. The minimum atomic E-state index is 0.225. The number of phenols is 1. The number of nitrogens with one attached hydrogen (secondary N) is 2. The first kappa shape index (κ1) is 8.84. The molecule has 0 unspecified atom stereocenters. The summed E-state index contributed by atoms with van der Waals surface area (Å²) in [7, 11) is 0. The fourth-order valence-electron chi connectivity index (χ4n) is 1.87. The Labute approximate surface area is 90.9 Å². The molecule has 0 saturated heterocycles. The van der Waals surface area contributed by atoms with Crippen LogP contribution in [0.1, 0.15) is 0 Å². The molecule has 0 amide bonds. The Kier molecular flexibility index (Phi) is 1.67. The van der Waals surface area contributed by atoms with Crippen LogP contribution in [0.15, 0.2) is 30.6 Å². The number of aromatic hydroxyl groups is 1. The molecule has 3 rings (SSSR count). The average molecular weight is 214 g/mol. The number of hydrogen-bond donors (Lipinski definition) is 4. The van der Waals surface area contributed by atoms with Crippen molar-refractivity contribution in [2.24, 2.45) is 0 Å². The van der Waals surface area contributed by atoms with Crippen LogP contribution in [0.25, 0.3) is 22.2 Å². The first-order chi connectivity index (χ1) is 7.77. The van der Waals surface area contributed by atoms with Gasteiger partial charge in [0.2, 0.25) is 0 Å². The monoisotopic (exact) mass is 214 g/mol. The SMILES string of the molecule is Nc1cn[nH]c1-c1c[nH]c2cccc(O)c12. The van der Waals surface area contributed by atoms with Gasteiger partial charge in [-0.05, 0) is 12.1 Å². The Morgan fingerprint density at radius 3 is 2.94 bits per heavy atom. The maximum atomic E-state index is 9.84. The van der Waals surface area contributed by atoms with Crippen molar-refractivity contribution in [2.75, 3.05) is 5.73 Å². The number of nitrogen functional groups attached to an aromatic ring is 1. The van der Waals surface area contributed by atoms with E-state index in [1.54, 1.807) is 24.5 Å². The first-order valence-corrected chi connectivity index (χ1v) is 4.85. The van der Waals surface area contributed by atoms with Gasteiger partial charge in [0.25, 0.3) is 0 Å². The van der Waals surface area contributed by atoms with Crippen molar-refractivity contribution in [3.8, 4) is 17.0 Å². The zero-order valence-corrected chi connectivity index (χ0v) is 8.36. The van der Waals surface area contributed by atoms with Crippen LogP contribution in [0, 0.1) is 0 Å². The van der Waals surface area contributed by atoms with E-state index in [0.29, 0.717) is 11.4 Å². The van der Waals surface area contributed by atoms with Gasteiger partial charge in [-0.3, -0.25) is 5.10 Å². The van der Waals surface area contributed by atoms with Crippen molar-refractivity contribution < 1.29 is 5.11 Å². The third kappa shape index (κ3) is 1.08. The van der Waals surface area contributed by atoms with Crippen molar-refractivity contribution in [1.82, 2.24) is 15.2 Å². The molecule has 0 aliphatic heterocycles. The highest BCUT2D eigenvalue weighted by Gasteiger charge is 2.13. The summed E-state index contributed by atoms with van der Waals surface area (Å²) in [4.78, 5) is 3.08. The Balaban J connectivity index is 2.37. The fourth-order valence-corrected chi connectivity index (χ4v) is 1.87. The van der Waals surface area contributed by atoms with E-state index in [0.717, 1.165) is 16.5 Å². The number of phenolic OH excluding ortho intramolecular Hbond substituents is 1. The lowest BCUT2D eigenvalue weighted by Crippen LogP contribution is -1.85. The van der Waals surface area contributed by atoms with Crippen LogP contribution >= 0.6 is 0 Å². The third-order valence-electron chi connectivity index (χ3n) is 2.62. The van der Waals surface area contributed by atoms with Gasteiger partial charge < -0.3 is 15.8 Å². The summed E-state index contributed by atoms with van der Waals surface area (Å²) in [5, 5.41) is 17.3. The molecule has 0 fully saturated rings. The minimum Gasteiger partial charge on any atom is -0.507 e. The zero-order chi connectivity index (χ0) is 11.1. The predicted octanol–water partition coefficient (Wildman–Crippen LogP) is 1.85. The van der Waals surface area contributed by atoms with Crippen LogP contribution in [-0.4, -0.2) is 20.3 Å². The summed E-state index contributed by atoms with van der Waals surface area (Å²) in [6.45, 7) is 0. The van der Waals surface area contributed by atoms with Crippen molar-refractivity contribution in [1.29, 1.82) is 0 Å². The van der Waals surface area contributed by atoms with Gasteiger partial charge in [-0.1, -0.05) is 6.07 Å². The molecule has 2 aromatic heterocycles. The highest BCUT2D eigenvalue weighted by atomic mass is 16.3. The molecule has 0 saturated carbocycles. The van der Waals surface area contributed by atoms with E-state index in [1.807, 2.05) is 6.07 Å². The highest BCUT2D eigenvalue weighted by Crippen LogP contribution is 2.35. The largest absolute Gasteiger partial charge is 0.507 e. The molecule has 1 aromatic carbocycles. The fraction of sp³-hybridized carbons (Fsp3) is 0. The van der Waals surface area contributed by atoms with E-state index in [2.05, 4.69) is 15.2 Å². The number of nitrogens with zero attached hydrogens (tertiary/aromatic N) is 1. The summed E-state index contributed by atoms with van der Waals surface area (Å²) >= 11 is 0. The summed E-state index contributed by atoms with van der Waals surface area (Å²) in [6.07, 6.45) is 3.35. The molecule has 0 atom stereocenters. The molecule has 0 spiro atoms. The molecule has 0 aliphatic rings. The Hall–Kier alpha value is -2.43. The van der Waals surface area contributed by atoms with Gasteiger partial charge in [-0.2, -0.15) is 5.10 Å². The molecule has 2 heterocycles. The van der Waals surface area contributed by atoms with Crippen molar-refractivity contribution in [3.05, 3.63) is 30.6 Å². The topological polar surface area (TPSA) is 90.7 Å². The first-order valence-electron chi connectivity index (χ1n) is 4.85. The molecule has 5 heteroatoms. The molecular formula is C11H10N4O. The van der Waals surface area contributed by atoms with E-state index in [9.17, 15) is 5.11 Å². The predicted molar refractivity (Wildman–Crippen MR) is 62.0 cm³/mol. The second kappa shape index (κ2) is 3.03.